The Hall–Kier alpha value is -0.380. The van der Waals surface area contributed by atoms with E-state index in [2.05, 4.69) is 28.9 Å². The monoisotopic (exact) mass is 284 g/mol. The third-order valence-corrected chi connectivity index (χ3v) is 3.60. The van der Waals surface area contributed by atoms with Crippen LogP contribution in [-0.4, -0.2) is 23.9 Å². The van der Waals surface area contributed by atoms with Crippen LogP contribution >= 0.6 is 15.9 Å². The molecule has 1 fully saturated rings. The molecule has 0 saturated carbocycles. The Bertz CT molecular complexity index is 354. The van der Waals surface area contributed by atoms with Crippen molar-refractivity contribution in [3.8, 4) is 0 Å². The second-order valence-electron chi connectivity index (χ2n) is 4.54. The summed E-state index contributed by atoms with van der Waals surface area (Å²) < 4.78 is 6.54. The Balaban J connectivity index is 1.94. The molecule has 1 aliphatic rings. The van der Waals surface area contributed by atoms with Gasteiger partial charge in [-0.05, 0) is 37.5 Å². The van der Waals surface area contributed by atoms with Crippen molar-refractivity contribution >= 4 is 15.9 Å². The minimum atomic E-state index is -0.292. The predicted octanol–water partition coefficient (Wildman–Crippen LogP) is 2.78. The van der Waals surface area contributed by atoms with Gasteiger partial charge in [0.25, 0.3) is 0 Å². The summed E-state index contributed by atoms with van der Waals surface area (Å²) in [6.45, 7) is 2.75. The van der Waals surface area contributed by atoms with Crippen LogP contribution in [0.3, 0.4) is 0 Å². The highest BCUT2D eigenvalue weighted by atomic mass is 79.9. The smallest absolute Gasteiger partial charge is 0.0631 e. The van der Waals surface area contributed by atoms with E-state index < -0.39 is 0 Å². The zero-order valence-electron chi connectivity index (χ0n) is 9.40. The molecule has 1 aromatic rings. The van der Waals surface area contributed by atoms with Gasteiger partial charge in [-0.15, -0.1) is 0 Å². The molecule has 88 valence electrons. The van der Waals surface area contributed by atoms with E-state index in [-0.39, 0.29) is 12.0 Å². The zero-order valence-corrected chi connectivity index (χ0v) is 11.0. The average Bonchev–Trinajstić information content (AvgIpc) is 2.65. The first-order valence-electron chi connectivity index (χ1n) is 5.69. The highest BCUT2D eigenvalue weighted by molar-refractivity contribution is 9.10. The van der Waals surface area contributed by atoms with Gasteiger partial charge in [-0.2, -0.15) is 0 Å². The van der Waals surface area contributed by atoms with Crippen LogP contribution in [-0.2, 0) is 11.2 Å². The maximum Gasteiger partial charge on any atom is 0.0631 e. The fourth-order valence-electron chi connectivity index (χ4n) is 2.19. The molecule has 3 unspecified atom stereocenters. The molecule has 3 heteroatoms. The summed E-state index contributed by atoms with van der Waals surface area (Å²) in [5, 5.41) is 10.1. The highest BCUT2D eigenvalue weighted by Gasteiger charge is 2.28. The Labute approximate surface area is 105 Å². The van der Waals surface area contributed by atoms with Crippen LogP contribution in [0.25, 0.3) is 0 Å². The summed E-state index contributed by atoms with van der Waals surface area (Å²) in [5.41, 5.74) is 1.17. The molecule has 0 aliphatic carbocycles. The molecule has 1 N–H and O–H groups in total. The van der Waals surface area contributed by atoms with Crippen molar-refractivity contribution in [1.82, 2.24) is 0 Å². The van der Waals surface area contributed by atoms with E-state index in [0.29, 0.717) is 19.1 Å². The number of hydrogen-bond donors (Lipinski definition) is 1. The van der Waals surface area contributed by atoms with Crippen molar-refractivity contribution < 1.29 is 9.84 Å². The summed E-state index contributed by atoms with van der Waals surface area (Å²) in [6, 6.07) is 8.10. The lowest BCUT2D eigenvalue weighted by molar-refractivity contribution is 0.0807. The molecular weight excluding hydrogens is 268 g/mol. The van der Waals surface area contributed by atoms with Crippen LogP contribution in [0.4, 0.5) is 0 Å². The van der Waals surface area contributed by atoms with Gasteiger partial charge in [0, 0.05) is 10.4 Å². The number of ether oxygens (including phenoxy) is 1. The highest BCUT2D eigenvalue weighted by Crippen LogP contribution is 2.24. The standard InChI is InChI=1S/C13H17BrO2/c1-9-5-11(8-16-9)13(15)7-10-3-2-4-12(14)6-10/h2-4,6,9,11,13,15H,5,7-8H2,1H3. The molecule has 1 aromatic carbocycles. The van der Waals surface area contributed by atoms with Gasteiger partial charge in [0.15, 0.2) is 0 Å². The summed E-state index contributed by atoms with van der Waals surface area (Å²) in [7, 11) is 0. The van der Waals surface area contributed by atoms with E-state index >= 15 is 0 Å². The maximum atomic E-state index is 10.1. The number of aliphatic hydroxyl groups excluding tert-OH is 1. The van der Waals surface area contributed by atoms with Crippen molar-refractivity contribution in [3.05, 3.63) is 34.3 Å². The Morgan fingerprint density at radius 1 is 1.56 bits per heavy atom. The molecule has 1 heterocycles. The number of hydrogen-bond acceptors (Lipinski definition) is 2. The lowest BCUT2D eigenvalue weighted by Crippen LogP contribution is -2.23. The van der Waals surface area contributed by atoms with Crippen molar-refractivity contribution in [2.75, 3.05) is 6.61 Å². The second kappa shape index (κ2) is 5.30. The fraction of sp³-hybridized carbons (Fsp3) is 0.538. The summed E-state index contributed by atoms with van der Waals surface area (Å²) in [5.74, 6) is 0.286. The molecule has 2 nitrogen and oxygen atoms in total. The average molecular weight is 285 g/mol. The summed E-state index contributed by atoms with van der Waals surface area (Å²) in [6.07, 6.45) is 1.68. The molecule has 0 spiro atoms. The summed E-state index contributed by atoms with van der Waals surface area (Å²) in [4.78, 5) is 0. The fourth-order valence-corrected chi connectivity index (χ4v) is 2.64. The minimum Gasteiger partial charge on any atom is -0.392 e. The van der Waals surface area contributed by atoms with Gasteiger partial charge in [0.1, 0.15) is 0 Å². The van der Waals surface area contributed by atoms with Crippen LogP contribution in [0, 0.1) is 5.92 Å². The van der Waals surface area contributed by atoms with E-state index in [4.69, 9.17) is 4.74 Å². The van der Waals surface area contributed by atoms with E-state index in [9.17, 15) is 5.11 Å². The Morgan fingerprint density at radius 2 is 2.38 bits per heavy atom. The van der Waals surface area contributed by atoms with Crippen molar-refractivity contribution in [1.29, 1.82) is 0 Å². The lowest BCUT2D eigenvalue weighted by Gasteiger charge is -2.16. The van der Waals surface area contributed by atoms with Crippen molar-refractivity contribution in [2.45, 2.75) is 32.0 Å². The molecule has 0 amide bonds. The number of rotatable bonds is 3. The Kier molecular flexibility index (Phi) is 4.00. The maximum absolute atomic E-state index is 10.1. The number of benzene rings is 1. The van der Waals surface area contributed by atoms with Gasteiger partial charge in [-0.3, -0.25) is 0 Å². The van der Waals surface area contributed by atoms with Crippen LogP contribution in [0.15, 0.2) is 28.7 Å². The normalized spacial score (nSPS) is 26.9. The molecule has 0 aromatic heterocycles. The van der Waals surface area contributed by atoms with Gasteiger partial charge >= 0.3 is 0 Å². The lowest BCUT2D eigenvalue weighted by atomic mass is 9.94. The quantitative estimate of drug-likeness (QED) is 0.925. The van der Waals surface area contributed by atoms with Gasteiger partial charge in [0.05, 0.1) is 18.8 Å². The van der Waals surface area contributed by atoms with Gasteiger partial charge in [-0.25, -0.2) is 0 Å². The second-order valence-corrected chi connectivity index (χ2v) is 5.46. The molecule has 1 aliphatic heterocycles. The van der Waals surface area contributed by atoms with Gasteiger partial charge in [0.2, 0.25) is 0 Å². The van der Waals surface area contributed by atoms with Gasteiger partial charge < -0.3 is 9.84 Å². The first kappa shape index (κ1) is 12.1. The van der Waals surface area contributed by atoms with E-state index in [1.54, 1.807) is 0 Å². The molecule has 0 bridgehead atoms. The third kappa shape index (κ3) is 3.06. The summed E-state index contributed by atoms with van der Waals surface area (Å²) >= 11 is 3.44. The van der Waals surface area contributed by atoms with E-state index in [0.717, 1.165) is 10.9 Å². The van der Waals surface area contributed by atoms with E-state index in [1.807, 2.05) is 18.2 Å². The zero-order chi connectivity index (χ0) is 11.5. The largest absolute Gasteiger partial charge is 0.392 e. The van der Waals surface area contributed by atoms with Crippen molar-refractivity contribution in [2.24, 2.45) is 5.92 Å². The number of aliphatic hydroxyl groups is 1. The molecule has 16 heavy (non-hydrogen) atoms. The molecule has 2 rings (SSSR count). The predicted molar refractivity (Wildman–Crippen MR) is 67.4 cm³/mol. The first-order valence-corrected chi connectivity index (χ1v) is 6.48. The molecule has 1 saturated heterocycles. The molecular formula is C13H17BrO2. The van der Waals surface area contributed by atoms with Crippen LogP contribution in [0.5, 0.6) is 0 Å². The SMILES string of the molecule is CC1CC(C(O)Cc2cccc(Br)c2)CO1. The van der Waals surface area contributed by atoms with Crippen LogP contribution in [0.2, 0.25) is 0 Å². The molecule has 0 radical (unpaired) electrons. The molecule has 3 atom stereocenters. The van der Waals surface area contributed by atoms with Crippen molar-refractivity contribution in [3.63, 3.8) is 0 Å². The Morgan fingerprint density at radius 3 is 3.00 bits per heavy atom. The van der Waals surface area contributed by atoms with Gasteiger partial charge in [-0.1, -0.05) is 28.1 Å². The van der Waals surface area contributed by atoms with Crippen LogP contribution < -0.4 is 0 Å². The first-order chi connectivity index (χ1) is 7.65. The van der Waals surface area contributed by atoms with Crippen LogP contribution in [0.1, 0.15) is 18.9 Å². The minimum absolute atomic E-state index is 0.286. The third-order valence-electron chi connectivity index (χ3n) is 3.11. The number of halogens is 1. The topological polar surface area (TPSA) is 29.5 Å². The van der Waals surface area contributed by atoms with E-state index in [1.165, 1.54) is 5.56 Å².